The van der Waals surface area contributed by atoms with Gasteiger partial charge in [0.15, 0.2) is 0 Å². The zero-order valence-corrected chi connectivity index (χ0v) is 17.4. The molecule has 7 heteroatoms. The van der Waals surface area contributed by atoms with Gasteiger partial charge in [-0.3, -0.25) is 14.4 Å². The summed E-state index contributed by atoms with van der Waals surface area (Å²) in [6, 6.07) is 9.97. The molecule has 1 aromatic carbocycles. The van der Waals surface area contributed by atoms with Gasteiger partial charge < -0.3 is 4.90 Å². The van der Waals surface area contributed by atoms with Gasteiger partial charge in [0.2, 0.25) is 11.8 Å². The normalized spacial score (nSPS) is 18.7. The third kappa shape index (κ3) is 3.44. The lowest BCUT2D eigenvalue weighted by molar-refractivity contribution is -0.202. The largest absolute Gasteiger partial charge is 0.342 e. The van der Waals surface area contributed by atoms with E-state index in [0.29, 0.717) is 25.9 Å². The van der Waals surface area contributed by atoms with E-state index >= 15 is 0 Å². The van der Waals surface area contributed by atoms with Gasteiger partial charge in [-0.05, 0) is 45.2 Å². The summed E-state index contributed by atoms with van der Waals surface area (Å²) in [6.45, 7) is 5.27. The Kier molecular flexibility index (Phi) is 5.17. The maximum atomic E-state index is 13.0. The van der Waals surface area contributed by atoms with Crippen LogP contribution in [0, 0.1) is 13.8 Å². The minimum Gasteiger partial charge on any atom is -0.342 e. The zero-order valence-electron chi connectivity index (χ0n) is 17.4. The van der Waals surface area contributed by atoms with Crippen molar-refractivity contribution in [2.75, 3.05) is 20.2 Å². The number of amides is 2. The van der Waals surface area contributed by atoms with Gasteiger partial charge in [0.05, 0.1) is 30.5 Å². The Morgan fingerprint density at radius 3 is 2.48 bits per heavy atom. The van der Waals surface area contributed by atoms with Crippen LogP contribution in [0.15, 0.2) is 30.3 Å². The van der Waals surface area contributed by atoms with Gasteiger partial charge in [-0.2, -0.15) is 5.10 Å². The quantitative estimate of drug-likeness (QED) is 0.797. The maximum Gasteiger partial charge on any atom is 0.246 e. The molecule has 0 radical (unpaired) electrons. The molecule has 2 aliphatic heterocycles. The van der Waals surface area contributed by atoms with Crippen molar-refractivity contribution in [3.63, 3.8) is 0 Å². The first-order valence-electron chi connectivity index (χ1n) is 10.2. The molecule has 0 saturated carbocycles. The lowest BCUT2D eigenvalue weighted by atomic mass is 9.86. The van der Waals surface area contributed by atoms with Gasteiger partial charge in [0.1, 0.15) is 0 Å². The van der Waals surface area contributed by atoms with Crippen molar-refractivity contribution in [2.45, 2.75) is 51.5 Å². The lowest BCUT2D eigenvalue weighted by Gasteiger charge is -2.43. The van der Waals surface area contributed by atoms with Gasteiger partial charge in [-0.25, -0.2) is 9.75 Å². The molecule has 2 aromatic rings. The highest BCUT2D eigenvalue weighted by Crippen LogP contribution is 2.39. The van der Waals surface area contributed by atoms with E-state index in [-0.39, 0.29) is 17.4 Å². The monoisotopic (exact) mass is 396 g/mol. The fraction of sp³-hybridized carbons (Fsp3) is 0.500. The van der Waals surface area contributed by atoms with Crippen LogP contribution in [0.5, 0.6) is 0 Å². The fourth-order valence-corrected chi connectivity index (χ4v) is 4.74. The highest BCUT2D eigenvalue weighted by molar-refractivity contribution is 5.80. The molecule has 0 N–H and O–H groups in total. The number of benzene rings is 1. The number of hydroxylamine groups is 2. The molecule has 2 fully saturated rings. The Morgan fingerprint density at radius 2 is 1.83 bits per heavy atom. The topological polar surface area (TPSA) is 67.7 Å². The molecule has 1 aromatic heterocycles. The average Bonchev–Trinajstić information content (AvgIpc) is 3.19. The number of piperidine rings is 1. The molecule has 4 rings (SSSR count). The van der Waals surface area contributed by atoms with E-state index in [1.807, 2.05) is 53.8 Å². The number of aromatic nitrogens is 2. The van der Waals surface area contributed by atoms with Gasteiger partial charge in [0.25, 0.3) is 0 Å². The molecular formula is C22H28N4O3. The van der Waals surface area contributed by atoms with E-state index < -0.39 is 0 Å². The molecule has 0 aliphatic carbocycles. The van der Waals surface area contributed by atoms with Gasteiger partial charge in [-0.1, -0.05) is 18.2 Å². The molecular weight excluding hydrogens is 368 g/mol. The zero-order chi connectivity index (χ0) is 20.6. The minimum atomic E-state index is -0.243. The molecule has 0 bridgehead atoms. The molecule has 3 heterocycles. The molecule has 154 valence electrons. The fourth-order valence-electron chi connectivity index (χ4n) is 4.74. The van der Waals surface area contributed by atoms with Crippen molar-refractivity contribution in [3.8, 4) is 5.69 Å². The molecule has 2 saturated heterocycles. The molecule has 7 nitrogen and oxygen atoms in total. The van der Waals surface area contributed by atoms with Crippen LogP contribution in [0.25, 0.3) is 5.69 Å². The van der Waals surface area contributed by atoms with Gasteiger partial charge >= 0.3 is 0 Å². The number of hydrogen-bond acceptors (Lipinski definition) is 4. The minimum absolute atomic E-state index is 0.0480. The number of carbonyl (C=O) groups excluding carboxylic acids is 2. The number of nitrogens with zero attached hydrogens (tertiary/aromatic N) is 4. The van der Waals surface area contributed by atoms with Gasteiger partial charge in [-0.15, -0.1) is 0 Å². The Morgan fingerprint density at radius 1 is 1.14 bits per heavy atom. The smallest absolute Gasteiger partial charge is 0.246 e. The Hall–Kier alpha value is -2.67. The van der Waals surface area contributed by atoms with Crippen LogP contribution in [0.4, 0.5) is 0 Å². The first-order valence-corrected chi connectivity index (χ1v) is 10.2. The van der Waals surface area contributed by atoms with Crippen molar-refractivity contribution >= 4 is 11.8 Å². The van der Waals surface area contributed by atoms with E-state index in [1.54, 1.807) is 12.2 Å². The predicted molar refractivity (Wildman–Crippen MR) is 108 cm³/mol. The SMILES string of the molecule is CON1C(=O)CCC12CCN(C(=O)Cc1c(C)nn(-c3ccccc3)c1C)CC2. The third-order valence-corrected chi connectivity index (χ3v) is 6.46. The van der Waals surface area contributed by atoms with Crippen LogP contribution in [0.1, 0.15) is 42.6 Å². The second kappa shape index (κ2) is 7.63. The third-order valence-electron chi connectivity index (χ3n) is 6.46. The molecule has 2 amide bonds. The maximum absolute atomic E-state index is 13.0. The summed E-state index contributed by atoms with van der Waals surface area (Å²) in [5.74, 6) is 0.166. The van der Waals surface area contributed by atoms with E-state index in [2.05, 4.69) is 5.10 Å². The van der Waals surface area contributed by atoms with E-state index in [0.717, 1.165) is 41.9 Å². The highest BCUT2D eigenvalue weighted by Gasteiger charge is 2.48. The summed E-state index contributed by atoms with van der Waals surface area (Å²) in [4.78, 5) is 32.3. The van der Waals surface area contributed by atoms with E-state index in [1.165, 1.54) is 0 Å². The van der Waals surface area contributed by atoms with E-state index in [9.17, 15) is 9.59 Å². The molecule has 0 atom stereocenters. The Balaban J connectivity index is 1.45. The Labute approximate surface area is 171 Å². The summed E-state index contributed by atoms with van der Waals surface area (Å²) in [7, 11) is 1.55. The summed E-state index contributed by atoms with van der Waals surface area (Å²) in [6.07, 6.45) is 3.21. The molecule has 29 heavy (non-hydrogen) atoms. The number of aryl methyl sites for hydroxylation is 1. The van der Waals surface area contributed by atoms with E-state index in [4.69, 9.17) is 4.84 Å². The predicted octanol–water partition coefficient (Wildman–Crippen LogP) is 2.58. The van der Waals surface area contributed by atoms with Crippen molar-refractivity contribution in [3.05, 3.63) is 47.3 Å². The summed E-state index contributed by atoms with van der Waals surface area (Å²) in [5.41, 5.74) is 3.64. The highest BCUT2D eigenvalue weighted by atomic mass is 16.7. The summed E-state index contributed by atoms with van der Waals surface area (Å²) >= 11 is 0. The Bertz CT molecular complexity index is 914. The van der Waals surface area contributed by atoms with Gasteiger partial charge in [0, 0.05) is 30.8 Å². The van der Waals surface area contributed by atoms with Crippen molar-refractivity contribution in [1.82, 2.24) is 19.7 Å². The van der Waals surface area contributed by atoms with Crippen LogP contribution in [-0.4, -0.2) is 57.3 Å². The van der Waals surface area contributed by atoms with Crippen molar-refractivity contribution < 1.29 is 14.4 Å². The van der Waals surface area contributed by atoms with Crippen LogP contribution < -0.4 is 0 Å². The second-order valence-corrected chi connectivity index (χ2v) is 8.05. The number of rotatable bonds is 4. The van der Waals surface area contributed by atoms with Crippen LogP contribution >= 0.6 is 0 Å². The number of hydrogen-bond donors (Lipinski definition) is 0. The van der Waals surface area contributed by atoms with Crippen LogP contribution in [0.3, 0.4) is 0 Å². The first-order chi connectivity index (χ1) is 13.9. The molecule has 0 unspecified atom stereocenters. The summed E-state index contributed by atoms with van der Waals surface area (Å²) < 4.78 is 1.91. The number of carbonyl (C=O) groups is 2. The average molecular weight is 396 g/mol. The second-order valence-electron chi connectivity index (χ2n) is 8.05. The van der Waals surface area contributed by atoms with Crippen LogP contribution in [-0.2, 0) is 20.8 Å². The van der Waals surface area contributed by atoms with Crippen LogP contribution in [0.2, 0.25) is 0 Å². The molecule has 2 aliphatic rings. The lowest BCUT2D eigenvalue weighted by Crippen LogP contribution is -2.54. The van der Waals surface area contributed by atoms with Crippen molar-refractivity contribution in [1.29, 1.82) is 0 Å². The first kappa shape index (κ1) is 19.6. The standard InChI is InChI=1S/C22H28N4O3/c1-16-19(17(2)25(23-16)18-7-5-4-6-8-18)15-21(28)24-13-11-22(12-14-24)10-9-20(27)26(22)29-3/h4-8H,9-15H2,1-3H3. The summed E-state index contributed by atoms with van der Waals surface area (Å²) in [5, 5.41) is 6.20. The van der Waals surface area contributed by atoms with Crippen molar-refractivity contribution in [2.24, 2.45) is 0 Å². The number of para-hydroxylation sites is 1. The molecule has 1 spiro atoms. The number of likely N-dealkylation sites (tertiary alicyclic amines) is 1.